The van der Waals surface area contributed by atoms with E-state index in [-0.39, 0.29) is 11.9 Å². The molecule has 2 aromatic rings. The Labute approximate surface area is 143 Å². The van der Waals surface area contributed by atoms with Gasteiger partial charge >= 0.3 is 0 Å². The average Bonchev–Trinajstić information content (AvgIpc) is 3.15. The third-order valence-corrected chi connectivity index (χ3v) is 5.08. The van der Waals surface area contributed by atoms with Crippen molar-refractivity contribution in [3.8, 4) is 0 Å². The number of hydrogen-bond donors (Lipinski definition) is 0. The molecule has 1 aliphatic heterocycles. The molecule has 1 saturated heterocycles. The number of piperidine rings is 1. The minimum absolute atomic E-state index is 0.0468. The Morgan fingerprint density at radius 2 is 2.25 bits per heavy atom. The Balaban J connectivity index is 1.78. The third kappa shape index (κ3) is 3.11. The fourth-order valence-electron chi connectivity index (χ4n) is 3.77. The summed E-state index contributed by atoms with van der Waals surface area (Å²) >= 11 is 0. The predicted octanol–water partition coefficient (Wildman–Crippen LogP) is 2.48. The van der Waals surface area contributed by atoms with E-state index in [2.05, 4.69) is 21.5 Å². The number of rotatable bonds is 4. The van der Waals surface area contributed by atoms with E-state index < -0.39 is 0 Å². The molecule has 130 valence electrons. The van der Waals surface area contributed by atoms with E-state index in [9.17, 15) is 4.79 Å². The largest absolute Gasteiger partial charge is 0.459 e. The highest BCUT2D eigenvalue weighted by atomic mass is 16.3. The molecule has 0 N–H and O–H groups in total. The van der Waals surface area contributed by atoms with Gasteiger partial charge in [-0.15, -0.1) is 0 Å². The molecule has 0 aromatic carbocycles. The Kier molecular flexibility index (Phi) is 4.76. The van der Waals surface area contributed by atoms with Gasteiger partial charge in [-0.2, -0.15) is 0 Å². The summed E-state index contributed by atoms with van der Waals surface area (Å²) in [6.45, 7) is 3.68. The van der Waals surface area contributed by atoms with Crippen LogP contribution in [0.4, 0.5) is 0 Å². The summed E-state index contributed by atoms with van der Waals surface area (Å²) in [6.07, 6.45) is 7.61. The Bertz CT molecular complexity index is 705. The molecule has 0 radical (unpaired) electrons. The fourth-order valence-corrected chi connectivity index (χ4v) is 3.77. The van der Waals surface area contributed by atoms with Crippen LogP contribution in [0.5, 0.6) is 0 Å². The molecule has 2 atom stereocenters. The molecule has 6 nitrogen and oxygen atoms in total. The van der Waals surface area contributed by atoms with E-state index in [4.69, 9.17) is 4.42 Å². The van der Waals surface area contributed by atoms with Crippen LogP contribution in [0.1, 0.15) is 40.7 Å². The molecule has 1 aliphatic rings. The van der Waals surface area contributed by atoms with Gasteiger partial charge in [0.25, 0.3) is 5.91 Å². The van der Waals surface area contributed by atoms with Crippen molar-refractivity contribution >= 4 is 5.91 Å². The van der Waals surface area contributed by atoms with Crippen molar-refractivity contribution in [2.75, 3.05) is 27.2 Å². The summed E-state index contributed by atoms with van der Waals surface area (Å²) in [5.74, 6) is 0.775. The van der Waals surface area contributed by atoms with E-state index >= 15 is 0 Å². The van der Waals surface area contributed by atoms with Crippen molar-refractivity contribution < 1.29 is 9.21 Å². The minimum Gasteiger partial charge on any atom is -0.459 e. The second-order valence-electron chi connectivity index (χ2n) is 6.88. The number of nitrogens with zero attached hydrogens (tertiary/aromatic N) is 4. The topological polar surface area (TPSA) is 54.5 Å². The fraction of sp³-hybridized carbons (Fsp3) is 0.556. The quantitative estimate of drug-likeness (QED) is 0.864. The lowest BCUT2D eigenvalue weighted by atomic mass is 9.87. The highest BCUT2D eigenvalue weighted by molar-refractivity contribution is 5.92. The number of imidazole rings is 1. The van der Waals surface area contributed by atoms with Crippen LogP contribution in [0.3, 0.4) is 0 Å². The van der Waals surface area contributed by atoms with Crippen molar-refractivity contribution in [3.05, 3.63) is 41.9 Å². The van der Waals surface area contributed by atoms with Gasteiger partial charge in [0, 0.05) is 32.4 Å². The number of hydrogen-bond acceptors (Lipinski definition) is 4. The number of amides is 1. The molecular weight excluding hydrogens is 304 g/mol. The number of furan rings is 1. The van der Waals surface area contributed by atoms with Gasteiger partial charge in [0.2, 0.25) is 0 Å². The molecule has 0 bridgehead atoms. The van der Waals surface area contributed by atoms with Gasteiger partial charge in [-0.1, -0.05) is 0 Å². The second kappa shape index (κ2) is 6.81. The zero-order valence-electron chi connectivity index (χ0n) is 14.9. The molecule has 2 aromatic heterocycles. The van der Waals surface area contributed by atoms with Crippen molar-refractivity contribution in [2.24, 2.45) is 13.0 Å². The molecule has 0 unspecified atom stereocenters. The van der Waals surface area contributed by atoms with Crippen LogP contribution in [0.2, 0.25) is 0 Å². The Morgan fingerprint density at radius 3 is 2.88 bits per heavy atom. The number of likely N-dealkylation sites (tertiary alicyclic amines) is 1. The van der Waals surface area contributed by atoms with Crippen LogP contribution in [0, 0.1) is 12.8 Å². The van der Waals surface area contributed by atoms with Crippen molar-refractivity contribution in [1.82, 2.24) is 19.4 Å². The smallest absolute Gasteiger partial charge is 0.289 e. The van der Waals surface area contributed by atoms with Gasteiger partial charge in [0.1, 0.15) is 0 Å². The normalized spacial score (nSPS) is 21.8. The number of carbonyl (C=O) groups excluding carboxylic acids is 1. The predicted molar refractivity (Wildman–Crippen MR) is 91.7 cm³/mol. The SMILES string of the molecule is Cc1ccoc1C(=O)N(C)C[C@@H]1CCCN(C)[C@H]1c1cncn1C. The van der Waals surface area contributed by atoms with Crippen LogP contribution in [-0.2, 0) is 7.05 Å². The monoisotopic (exact) mass is 330 g/mol. The van der Waals surface area contributed by atoms with Crippen LogP contribution >= 0.6 is 0 Å². The summed E-state index contributed by atoms with van der Waals surface area (Å²) in [5.41, 5.74) is 2.09. The average molecular weight is 330 g/mol. The first-order valence-electron chi connectivity index (χ1n) is 8.45. The summed E-state index contributed by atoms with van der Waals surface area (Å²) < 4.78 is 7.44. The lowest BCUT2D eigenvalue weighted by Gasteiger charge is -2.40. The van der Waals surface area contributed by atoms with Gasteiger partial charge in [-0.05, 0) is 45.3 Å². The molecule has 6 heteroatoms. The molecule has 3 heterocycles. The first kappa shape index (κ1) is 16.8. The Morgan fingerprint density at radius 1 is 1.46 bits per heavy atom. The van der Waals surface area contributed by atoms with Crippen molar-refractivity contribution in [1.29, 1.82) is 0 Å². The minimum atomic E-state index is -0.0468. The van der Waals surface area contributed by atoms with Gasteiger partial charge in [0.05, 0.1) is 24.3 Å². The molecule has 0 saturated carbocycles. The maximum atomic E-state index is 12.6. The maximum Gasteiger partial charge on any atom is 0.289 e. The Hall–Kier alpha value is -2.08. The van der Waals surface area contributed by atoms with E-state index in [1.165, 1.54) is 5.69 Å². The van der Waals surface area contributed by atoms with Gasteiger partial charge in [-0.3, -0.25) is 9.69 Å². The van der Waals surface area contributed by atoms with Crippen LogP contribution in [-0.4, -0.2) is 52.4 Å². The molecule has 0 spiro atoms. The first-order valence-corrected chi connectivity index (χ1v) is 8.45. The number of aromatic nitrogens is 2. The number of aryl methyl sites for hydroxylation is 2. The van der Waals surface area contributed by atoms with Crippen molar-refractivity contribution in [2.45, 2.75) is 25.8 Å². The third-order valence-electron chi connectivity index (χ3n) is 5.08. The molecular formula is C18H26N4O2. The lowest BCUT2D eigenvalue weighted by molar-refractivity contribution is 0.0606. The summed E-state index contributed by atoms with van der Waals surface area (Å²) in [6, 6.07) is 2.10. The lowest BCUT2D eigenvalue weighted by Crippen LogP contribution is -2.43. The number of carbonyl (C=O) groups is 1. The molecule has 0 aliphatic carbocycles. The highest BCUT2D eigenvalue weighted by Gasteiger charge is 2.34. The first-order chi connectivity index (χ1) is 11.5. The molecule has 3 rings (SSSR count). The van der Waals surface area contributed by atoms with Crippen LogP contribution < -0.4 is 0 Å². The second-order valence-corrected chi connectivity index (χ2v) is 6.88. The van der Waals surface area contributed by atoms with Gasteiger partial charge in [0.15, 0.2) is 5.76 Å². The summed E-state index contributed by atoms with van der Waals surface area (Å²) in [5, 5.41) is 0. The molecule has 24 heavy (non-hydrogen) atoms. The van der Waals surface area contributed by atoms with Gasteiger partial charge in [-0.25, -0.2) is 4.98 Å². The van der Waals surface area contributed by atoms with Crippen molar-refractivity contribution in [3.63, 3.8) is 0 Å². The standard InChI is InChI=1S/C18H26N4O2/c1-13-7-9-24-17(13)18(23)21(3)11-14-6-5-8-20(2)16(14)15-10-19-12-22(15)4/h7,9-10,12,14,16H,5-6,8,11H2,1-4H3/t14-,16+/m0/s1. The van der Waals surface area contributed by atoms with E-state index in [1.54, 1.807) is 11.2 Å². The van der Waals surface area contributed by atoms with E-state index in [0.717, 1.165) is 24.9 Å². The molecule has 1 amide bonds. The van der Waals surface area contributed by atoms with E-state index in [1.807, 2.05) is 39.6 Å². The maximum absolute atomic E-state index is 12.6. The highest BCUT2D eigenvalue weighted by Crippen LogP contribution is 2.35. The molecule has 1 fully saturated rings. The van der Waals surface area contributed by atoms with Gasteiger partial charge < -0.3 is 13.9 Å². The summed E-state index contributed by atoms with van der Waals surface area (Å²) in [4.78, 5) is 21.1. The van der Waals surface area contributed by atoms with E-state index in [0.29, 0.717) is 18.2 Å². The van der Waals surface area contributed by atoms with Crippen LogP contribution in [0.25, 0.3) is 0 Å². The van der Waals surface area contributed by atoms with Crippen LogP contribution in [0.15, 0.2) is 29.3 Å². The summed E-state index contributed by atoms with van der Waals surface area (Å²) in [7, 11) is 6.05. The zero-order valence-corrected chi connectivity index (χ0v) is 14.9. The zero-order chi connectivity index (χ0) is 17.3.